The smallest absolute Gasteiger partial charge is 0.243 e. The Hall–Kier alpha value is -2.43. The highest BCUT2D eigenvalue weighted by Gasteiger charge is 2.11. The molecule has 0 unspecified atom stereocenters. The van der Waals surface area contributed by atoms with Crippen molar-refractivity contribution in [3.05, 3.63) is 60.7 Å². The molecule has 5 heteroatoms. The molecular formula is C14H14FN3O. The van der Waals surface area contributed by atoms with Gasteiger partial charge in [0.2, 0.25) is 5.91 Å². The third kappa shape index (κ3) is 2.88. The Labute approximate surface area is 110 Å². The maximum Gasteiger partial charge on any atom is 0.243 e. The van der Waals surface area contributed by atoms with E-state index in [4.69, 9.17) is 0 Å². The molecule has 98 valence electrons. The molecule has 0 radical (unpaired) electrons. The summed E-state index contributed by atoms with van der Waals surface area (Å²) in [7, 11) is 0. The minimum Gasteiger partial charge on any atom is -0.346 e. The molecule has 0 aliphatic carbocycles. The molecule has 1 N–H and O–H groups in total. The van der Waals surface area contributed by atoms with Crippen LogP contribution in [0.25, 0.3) is 5.69 Å². The summed E-state index contributed by atoms with van der Waals surface area (Å²) < 4.78 is 15.4. The van der Waals surface area contributed by atoms with E-state index in [9.17, 15) is 9.18 Å². The second kappa shape index (κ2) is 5.48. The number of carbonyl (C=O) groups excluding carboxylic acids is 1. The van der Waals surface area contributed by atoms with Crippen molar-refractivity contribution in [1.82, 2.24) is 15.1 Å². The molecule has 19 heavy (non-hydrogen) atoms. The molecule has 0 saturated carbocycles. The monoisotopic (exact) mass is 259 g/mol. The van der Waals surface area contributed by atoms with Gasteiger partial charge in [0, 0.05) is 12.4 Å². The molecule has 1 aromatic heterocycles. The Morgan fingerprint density at radius 3 is 2.95 bits per heavy atom. The first-order chi connectivity index (χ1) is 9.11. The number of nitrogens with one attached hydrogen (secondary N) is 1. The van der Waals surface area contributed by atoms with E-state index < -0.39 is 0 Å². The van der Waals surface area contributed by atoms with Crippen LogP contribution in [0.4, 0.5) is 4.39 Å². The fourth-order valence-corrected chi connectivity index (χ4v) is 1.75. The molecule has 0 saturated heterocycles. The molecule has 1 aromatic carbocycles. The predicted octanol–water partition coefficient (Wildman–Crippen LogP) is 2.37. The molecule has 1 atom stereocenters. The quantitative estimate of drug-likeness (QED) is 0.857. The number of nitrogens with zero attached hydrogens (tertiary/aromatic N) is 2. The average Bonchev–Trinajstić information content (AvgIpc) is 2.92. The predicted molar refractivity (Wildman–Crippen MR) is 70.3 cm³/mol. The van der Waals surface area contributed by atoms with E-state index in [0.717, 1.165) is 0 Å². The van der Waals surface area contributed by atoms with Crippen molar-refractivity contribution in [3.63, 3.8) is 0 Å². The van der Waals surface area contributed by atoms with Gasteiger partial charge in [0.05, 0.1) is 6.04 Å². The van der Waals surface area contributed by atoms with Crippen LogP contribution in [0.15, 0.2) is 49.3 Å². The highest BCUT2D eigenvalue weighted by atomic mass is 19.1. The van der Waals surface area contributed by atoms with Crippen LogP contribution >= 0.6 is 0 Å². The summed E-state index contributed by atoms with van der Waals surface area (Å²) in [4.78, 5) is 11.2. The van der Waals surface area contributed by atoms with Crippen LogP contribution in [-0.2, 0) is 4.79 Å². The van der Waals surface area contributed by atoms with E-state index >= 15 is 0 Å². The third-order valence-electron chi connectivity index (χ3n) is 2.77. The molecule has 0 fully saturated rings. The zero-order chi connectivity index (χ0) is 13.8. The van der Waals surface area contributed by atoms with Gasteiger partial charge in [0.1, 0.15) is 11.5 Å². The first-order valence-corrected chi connectivity index (χ1v) is 5.84. The van der Waals surface area contributed by atoms with Gasteiger partial charge in [0.25, 0.3) is 0 Å². The molecule has 0 bridgehead atoms. The van der Waals surface area contributed by atoms with E-state index in [2.05, 4.69) is 17.0 Å². The number of hydrogen-bond donors (Lipinski definition) is 1. The molecule has 2 rings (SSSR count). The standard InChI is InChI=1S/C14H14FN3O/c1-3-14(19)17-10(2)11-5-6-13(12(15)9-11)18-8-4-7-16-18/h3-10H,1H2,2H3,(H,17,19)/t10-/m1/s1. The Morgan fingerprint density at radius 2 is 2.37 bits per heavy atom. The Balaban J connectivity index is 2.24. The van der Waals surface area contributed by atoms with Crippen LogP contribution in [0.1, 0.15) is 18.5 Å². The molecule has 0 aliphatic rings. The minimum atomic E-state index is -0.388. The first kappa shape index (κ1) is 13.0. The fraction of sp³-hybridized carbons (Fsp3) is 0.143. The molecule has 4 nitrogen and oxygen atoms in total. The topological polar surface area (TPSA) is 46.9 Å². The van der Waals surface area contributed by atoms with E-state index in [1.165, 1.54) is 16.8 Å². The van der Waals surface area contributed by atoms with Gasteiger partial charge in [-0.25, -0.2) is 9.07 Å². The zero-order valence-electron chi connectivity index (χ0n) is 10.5. The first-order valence-electron chi connectivity index (χ1n) is 5.84. The highest BCUT2D eigenvalue weighted by Crippen LogP contribution is 2.19. The summed E-state index contributed by atoms with van der Waals surface area (Å²) in [6, 6.07) is 6.22. The lowest BCUT2D eigenvalue weighted by Crippen LogP contribution is -2.24. The molecule has 1 amide bonds. The summed E-state index contributed by atoms with van der Waals surface area (Å²) in [6.45, 7) is 5.16. The maximum atomic E-state index is 14.0. The van der Waals surface area contributed by atoms with Crippen molar-refractivity contribution in [1.29, 1.82) is 0 Å². The van der Waals surface area contributed by atoms with Crippen molar-refractivity contribution < 1.29 is 9.18 Å². The number of halogens is 1. The van der Waals surface area contributed by atoms with Gasteiger partial charge in [-0.1, -0.05) is 12.6 Å². The number of benzene rings is 1. The van der Waals surface area contributed by atoms with Crippen molar-refractivity contribution >= 4 is 5.91 Å². The Bertz CT molecular complexity index is 593. The van der Waals surface area contributed by atoms with Crippen LogP contribution in [-0.4, -0.2) is 15.7 Å². The van der Waals surface area contributed by atoms with E-state index in [1.54, 1.807) is 37.5 Å². The Kier molecular flexibility index (Phi) is 3.75. The van der Waals surface area contributed by atoms with E-state index in [1.807, 2.05) is 0 Å². The lowest BCUT2D eigenvalue weighted by atomic mass is 10.1. The van der Waals surface area contributed by atoms with Gasteiger partial charge in [-0.15, -0.1) is 0 Å². The normalized spacial score (nSPS) is 11.9. The van der Waals surface area contributed by atoms with Crippen molar-refractivity contribution in [2.75, 3.05) is 0 Å². The maximum absolute atomic E-state index is 14.0. The number of rotatable bonds is 4. The largest absolute Gasteiger partial charge is 0.346 e. The van der Waals surface area contributed by atoms with Crippen molar-refractivity contribution in [2.24, 2.45) is 0 Å². The number of carbonyl (C=O) groups is 1. The van der Waals surface area contributed by atoms with Gasteiger partial charge in [-0.05, 0) is 36.8 Å². The van der Waals surface area contributed by atoms with Gasteiger partial charge >= 0.3 is 0 Å². The second-order valence-corrected chi connectivity index (χ2v) is 4.10. The van der Waals surface area contributed by atoms with E-state index in [0.29, 0.717) is 11.3 Å². The van der Waals surface area contributed by atoms with Crippen molar-refractivity contribution in [3.8, 4) is 5.69 Å². The average molecular weight is 259 g/mol. The van der Waals surface area contributed by atoms with Crippen LogP contribution in [0.2, 0.25) is 0 Å². The lowest BCUT2D eigenvalue weighted by molar-refractivity contribution is -0.117. The molecule has 1 heterocycles. The minimum absolute atomic E-state index is 0.285. The Morgan fingerprint density at radius 1 is 1.58 bits per heavy atom. The van der Waals surface area contributed by atoms with Crippen LogP contribution in [0.3, 0.4) is 0 Å². The van der Waals surface area contributed by atoms with Crippen molar-refractivity contribution in [2.45, 2.75) is 13.0 Å². The summed E-state index contributed by atoms with van der Waals surface area (Å²) in [5, 5.41) is 6.66. The van der Waals surface area contributed by atoms with Gasteiger partial charge in [0.15, 0.2) is 0 Å². The number of amides is 1. The van der Waals surface area contributed by atoms with Crippen LogP contribution < -0.4 is 5.32 Å². The van der Waals surface area contributed by atoms with Gasteiger partial charge < -0.3 is 5.32 Å². The number of aromatic nitrogens is 2. The molecule has 2 aromatic rings. The second-order valence-electron chi connectivity index (χ2n) is 4.10. The van der Waals surface area contributed by atoms with Gasteiger partial charge in [-0.2, -0.15) is 5.10 Å². The van der Waals surface area contributed by atoms with E-state index in [-0.39, 0.29) is 17.8 Å². The molecule has 0 spiro atoms. The van der Waals surface area contributed by atoms with Crippen LogP contribution in [0.5, 0.6) is 0 Å². The number of hydrogen-bond acceptors (Lipinski definition) is 2. The molecular weight excluding hydrogens is 245 g/mol. The molecule has 0 aliphatic heterocycles. The third-order valence-corrected chi connectivity index (χ3v) is 2.77. The lowest BCUT2D eigenvalue weighted by Gasteiger charge is -2.14. The summed E-state index contributed by atoms with van der Waals surface area (Å²) >= 11 is 0. The summed E-state index contributed by atoms with van der Waals surface area (Å²) in [5.74, 6) is -0.676. The SMILES string of the molecule is C=CC(=O)N[C@H](C)c1ccc(-n2cccn2)c(F)c1. The fourth-order valence-electron chi connectivity index (χ4n) is 1.75. The summed E-state index contributed by atoms with van der Waals surface area (Å²) in [6.07, 6.45) is 4.44. The highest BCUT2D eigenvalue weighted by molar-refractivity contribution is 5.87. The van der Waals surface area contributed by atoms with Gasteiger partial charge in [-0.3, -0.25) is 4.79 Å². The zero-order valence-corrected chi connectivity index (χ0v) is 10.5. The summed E-state index contributed by atoms with van der Waals surface area (Å²) in [5.41, 5.74) is 1.06. The van der Waals surface area contributed by atoms with Crippen LogP contribution in [0, 0.1) is 5.82 Å².